The van der Waals surface area contributed by atoms with Gasteiger partial charge in [0.1, 0.15) is 11.8 Å². The lowest BCUT2D eigenvalue weighted by Gasteiger charge is -2.30. The van der Waals surface area contributed by atoms with Crippen molar-refractivity contribution in [2.24, 2.45) is 4.99 Å². The predicted molar refractivity (Wildman–Crippen MR) is 193 cm³/mol. The quantitative estimate of drug-likeness (QED) is 0.234. The molecule has 4 aromatic rings. The smallest absolute Gasteiger partial charge is 0.271 e. The summed E-state index contributed by atoms with van der Waals surface area (Å²) in [5, 5.41) is 1.85. The molecule has 2 aliphatic heterocycles. The fraction of sp³-hybridized carbons (Fsp3) is 0.368. The van der Waals surface area contributed by atoms with Crippen LogP contribution in [0, 0.1) is 0 Å². The molecular formula is C38H42N4O7S. The topological polar surface area (TPSA) is 112 Å². The minimum atomic E-state index is -0.777. The Balaban J connectivity index is 1.45. The molecule has 0 spiro atoms. The van der Waals surface area contributed by atoms with Crippen LogP contribution in [0.15, 0.2) is 75.7 Å². The number of allylic oxidation sites excluding steroid dienone is 1. The second-order valence-electron chi connectivity index (χ2n) is 11.9. The van der Waals surface area contributed by atoms with Crippen LogP contribution in [0.1, 0.15) is 44.9 Å². The molecule has 0 N–H and O–H groups in total. The second-order valence-corrected chi connectivity index (χ2v) is 12.9. The van der Waals surface area contributed by atoms with Crippen LogP contribution >= 0.6 is 11.3 Å². The van der Waals surface area contributed by atoms with E-state index in [0.29, 0.717) is 89.4 Å². The van der Waals surface area contributed by atoms with Crippen molar-refractivity contribution in [1.29, 1.82) is 0 Å². The van der Waals surface area contributed by atoms with Gasteiger partial charge in [-0.1, -0.05) is 47.7 Å². The number of ether oxygens (including phenoxy) is 4. The zero-order valence-electron chi connectivity index (χ0n) is 29.1. The van der Waals surface area contributed by atoms with Crippen molar-refractivity contribution in [3.05, 3.63) is 96.7 Å². The van der Waals surface area contributed by atoms with Crippen molar-refractivity contribution >= 4 is 40.0 Å². The Labute approximate surface area is 294 Å². The summed E-state index contributed by atoms with van der Waals surface area (Å²) in [6, 6.07) is 16.3. The number of carbonyl (C=O) groups excluding carboxylic acids is 2. The summed E-state index contributed by atoms with van der Waals surface area (Å²) in [7, 11) is 1.60. The van der Waals surface area contributed by atoms with Gasteiger partial charge >= 0.3 is 0 Å². The minimum absolute atomic E-state index is 0.118. The lowest BCUT2D eigenvalue weighted by Crippen LogP contribution is -2.43. The van der Waals surface area contributed by atoms with Crippen LogP contribution in [-0.4, -0.2) is 85.9 Å². The normalized spacial score (nSPS) is 16.2. The first kappa shape index (κ1) is 34.9. The third-order valence-electron chi connectivity index (χ3n) is 9.01. The van der Waals surface area contributed by atoms with Crippen LogP contribution in [0.5, 0.6) is 17.2 Å². The molecule has 6 rings (SSSR count). The number of nitrogens with zero attached hydrogens (tertiary/aromatic N) is 4. The van der Waals surface area contributed by atoms with Gasteiger partial charge in [0, 0.05) is 31.7 Å². The van der Waals surface area contributed by atoms with Crippen molar-refractivity contribution in [2.45, 2.75) is 33.7 Å². The number of amides is 2. The molecule has 50 heavy (non-hydrogen) atoms. The van der Waals surface area contributed by atoms with Gasteiger partial charge in [-0.15, -0.1) is 0 Å². The molecule has 0 radical (unpaired) electrons. The molecule has 2 aliphatic rings. The Morgan fingerprint density at radius 3 is 2.46 bits per heavy atom. The number of morpholine rings is 1. The SMILES string of the molecule is CCOc1cc(/C=c2\sc3n(c2=O)[C@@H](c2c(OC)ccc4ccccc24)C(C(=O)N(CC)CC)=C(C)N=3)ccc1OCC(=O)N1CCOCC1. The van der Waals surface area contributed by atoms with E-state index < -0.39 is 6.04 Å². The van der Waals surface area contributed by atoms with Gasteiger partial charge in [-0.25, -0.2) is 4.99 Å². The van der Waals surface area contributed by atoms with E-state index in [1.165, 1.54) is 11.3 Å². The first-order chi connectivity index (χ1) is 24.3. The van der Waals surface area contributed by atoms with Gasteiger partial charge in [0.05, 0.1) is 42.7 Å². The number of thiazole rings is 1. The molecule has 0 saturated carbocycles. The van der Waals surface area contributed by atoms with Crippen LogP contribution in [0.25, 0.3) is 16.8 Å². The number of hydrogen-bond donors (Lipinski definition) is 0. The number of hydrogen-bond acceptors (Lipinski definition) is 9. The molecule has 0 aliphatic carbocycles. The number of likely N-dealkylation sites (N-methyl/N-ethyl adjacent to an activating group) is 1. The van der Waals surface area contributed by atoms with E-state index in [1.54, 1.807) is 39.7 Å². The van der Waals surface area contributed by atoms with Crippen molar-refractivity contribution < 1.29 is 28.5 Å². The molecule has 11 nitrogen and oxygen atoms in total. The first-order valence-electron chi connectivity index (χ1n) is 16.9. The highest BCUT2D eigenvalue weighted by Crippen LogP contribution is 2.40. The molecule has 2 amide bonds. The Morgan fingerprint density at radius 1 is 1.00 bits per heavy atom. The third kappa shape index (κ3) is 6.77. The zero-order chi connectivity index (χ0) is 35.4. The van der Waals surface area contributed by atoms with Gasteiger partial charge in [-0.05, 0) is 68.3 Å². The average molecular weight is 699 g/mol. The van der Waals surface area contributed by atoms with E-state index in [9.17, 15) is 14.4 Å². The monoisotopic (exact) mass is 698 g/mol. The first-order valence-corrected chi connectivity index (χ1v) is 17.7. The number of aromatic nitrogens is 1. The molecule has 1 fully saturated rings. The summed E-state index contributed by atoms with van der Waals surface area (Å²) < 4.78 is 25.1. The van der Waals surface area contributed by atoms with E-state index in [0.717, 1.165) is 16.3 Å². The Morgan fingerprint density at radius 2 is 1.74 bits per heavy atom. The van der Waals surface area contributed by atoms with Gasteiger partial charge in [0.2, 0.25) is 0 Å². The van der Waals surface area contributed by atoms with Crippen molar-refractivity contribution in [2.75, 3.05) is 59.7 Å². The number of rotatable bonds is 11. The van der Waals surface area contributed by atoms with Crippen molar-refractivity contribution in [1.82, 2.24) is 14.4 Å². The number of fused-ring (bicyclic) bond motifs is 2. The molecular weight excluding hydrogens is 657 g/mol. The van der Waals surface area contributed by atoms with Gasteiger partial charge in [0.25, 0.3) is 17.4 Å². The Hall–Kier alpha value is -4.94. The lowest BCUT2D eigenvalue weighted by atomic mass is 9.90. The molecule has 262 valence electrons. The predicted octanol–water partition coefficient (Wildman–Crippen LogP) is 3.90. The molecule has 1 aromatic heterocycles. The van der Waals surface area contributed by atoms with E-state index in [-0.39, 0.29) is 24.0 Å². The third-order valence-corrected chi connectivity index (χ3v) is 9.99. The number of carbonyl (C=O) groups is 2. The summed E-state index contributed by atoms with van der Waals surface area (Å²) in [5.41, 5.74) is 2.16. The summed E-state index contributed by atoms with van der Waals surface area (Å²) in [5.74, 6) is 1.18. The van der Waals surface area contributed by atoms with Gasteiger partial charge in [-0.3, -0.25) is 19.0 Å². The van der Waals surface area contributed by atoms with E-state index in [1.807, 2.05) is 70.2 Å². The van der Waals surface area contributed by atoms with E-state index in [4.69, 9.17) is 23.9 Å². The number of benzene rings is 3. The molecule has 1 atom stereocenters. The van der Waals surface area contributed by atoms with Gasteiger partial charge in [0.15, 0.2) is 22.9 Å². The van der Waals surface area contributed by atoms with Crippen LogP contribution in [0.4, 0.5) is 0 Å². The van der Waals surface area contributed by atoms with E-state index in [2.05, 4.69) is 0 Å². The van der Waals surface area contributed by atoms with Crippen LogP contribution in [0.3, 0.4) is 0 Å². The van der Waals surface area contributed by atoms with Gasteiger partial charge in [-0.2, -0.15) is 0 Å². The lowest BCUT2D eigenvalue weighted by molar-refractivity contribution is -0.137. The van der Waals surface area contributed by atoms with Crippen molar-refractivity contribution in [3.63, 3.8) is 0 Å². The highest BCUT2D eigenvalue weighted by Gasteiger charge is 2.36. The maximum Gasteiger partial charge on any atom is 0.271 e. The standard InChI is InChI=1S/C38H42N4O7S/c1-6-40(7-2)37(45)33-24(4)39-38-42(35(33)34-27-12-10-9-11-26(27)14-16-29(34)46-5)36(44)31(50-38)22-25-13-15-28(30(21-25)48-8-3)49-23-32(43)41-17-19-47-20-18-41/h9-16,21-22,35H,6-8,17-20,23H2,1-5H3/b31-22-/t35-/m1/s1. The molecule has 3 heterocycles. The summed E-state index contributed by atoms with van der Waals surface area (Å²) in [6.45, 7) is 11.0. The maximum atomic E-state index is 14.5. The van der Waals surface area contributed by atoms with E-state index >= 15 is 0 Å². The number of methoxy groups -OCH3 is 1. The summed E-state index contributed by atoms with van der Waals surface area (Å²) >= 11 is 1.26. The average Bonchev–Trinajstić information content (AvgIpc) is 3.44. The van der Waals surface area contributed by atoms with Crippen LogP contribution in [-0.2, 0) is 14.3 Å². The maximum absolute atomic E-state index is 14.5. The van der Waals surface area contributed by atoms with Crippen LogP contribution < -0.4 is 29.1 Å². The van der Waals surface area contributed by atoms with Crippen LogP contribution in [0.2, 0.25) is 0 Å². The molecule has 12 heteroatoms. The highest BCUT2D eigenvalue weighted by molar-refractivity contribution is 7.07. The summed E-state index contributed by atoms with van der Waals surface area (Å²) in [4.78, 5) is 50.2. The fourth-order valence-corrected chi connectivity index (χ4v) is 7.53. The van der Waals surface area contributed by atoms with Crippen molar-refractivity contribution in [3.8, 4) is 17.2 Å². The molecule has 1 saturated heterocycles. The largest absolute Gasteiger partial charge is 0.496 e. The second kappa shape index (κ2) is 15.3. The molecule has 0 unspecified atom stereocenters. The fourth-order valence-electron chi connectivity index (χ4n) is 6.48. The molecule has 0 bridgehead atoms. The molecule has 3 aromatic carbocycles. The zero-order valence-corrected chi connectivity index (χ0v) is 29.9. The Bertz CT molecular complexity index is 2130. The van der Waals surface area contributed by atoms with Gasteiger partial charge < -0.3 is 28.7 Å². The highest BCUT2D eigenvalue weighted by atomic mass is 32.1. The Kier molecular flexibility index (Phi) is 10.7. The minimum Gasteiger partial charge on any atom is -0.496 e. The summed E-state index contributed by atoms with van der Waals surface area (Å²) in [6.07, 6.45) is 1.79.